The molecule has 1 aromatic carbocycles. The first-order chi connectivity index (χ1) is 10.8. The van der Waals surface area contributed by atoms with Gasteiger partial charge in [-0.15, -0.1) is 0 Å². The van der Waals surface area contributed by atoms with Gasteiger partial charge >= 0.3 is 0 Å². The Labute approximate surface area is 132 Å². The van der Waals surface area contributed by atoms with E-state index in [0.717, 1.165) is 29.1 Å². The monoisotopic (exact) mass is 313 g/mol. The van der Waals surface area contributed by atoms with Gasteiger partial charge in [0.15, 0.2) is 5.65 Å². The number of hydrogen-bond acceptors (Lipinski definition) is 3. The predicted octanol–water partition coefficient (Wildman–Crippen LogP) is 4.52. The van der Waals surface area contributed by atoms with Crippen molar-refractivity contribution in [2.75, 3.05) is 5.75 Å². The minimum absolute atomic E-state index is 0.227. The maximum atomic E-state index is 13.3. The number of rotatable bonds is 2. The summed E-state index contributed by atoms with van der Waals surface area (Å²) in [6, 6.07) is 10.5. The van der Waals surface area contributed by atoms with Gasteiger partial charge in [0.05, 0.1) is 5.25 Å². The van der Waals surface area contributed by atoms with Gasteiger partial charge in [-0.1, -0.05) is 6.42 Å². The van der Waals surface area contributed by atoms with Gasteiger partial charge in [0.2, 0.25) is 0 Å². The summed E-state index contributed by atoms with van der Waals surface area (Å²) in [5, 5.41) is 0.382. The molecule has 1 aliphatic rings. The van der Waals surface area contributed by atoms with E-state index >= 15 is 0 Å². The average molecular weight is 313 g/mol. The average Bonchev–Trinajstić information content (AvgIpc) is 2.96. The number of thioether (sulfide) groups is 1. The van der Waals surface area contributed by atoms with Crippen molar-refractivity contribution in [3.8, 4) is 5.69 Å². The quantitative estimate of drug-likeness (QED) is 0.697. The Hall–Kier alpha value is -1.88. The van der Waals surface area contributed by atoms with E-state index < -0.39 is 0 Å². The molecule has 1 fully saturated rings. The summed E-state index contributed by atoms with van der Waals surface area (Å²) in [5.74, 6) is 1.98. The second-order valence-electron chi connectivity index (χ2n) is 5.48. The molecule has 112 valence electrons. The SMILES string of the molecule is Fc1ccc(-n2c(C3CCCCS3)nc3cccnc32)cc1. The van der Waals surface area contributed by atoms with Gasteiger partial charge in [0.1, 0.15) is 17.2 Å². The molecule has 1 atom stereocenters. The third kappa shape index (κ3) is 2.39. The lowest BCUT2D eigenvalue weighted by Gasteiger charge is -2.21. The Morgan fingerprint density at radius 2 is 2.00 bits per heavy atom. The van der Waals surface area contributed by atoms with Crippen LogP contribution in [0.5, 0.6) is 0 Å². The summed E-state index contributed by atoms with van der Waals surface area (Å²) in [4.78, 5) is 9.31. The molecule has 0 amide bonds. The summed E-state index contributed by atoms with van der Waals surface area (Å²) in [7, 11) is 0. The van der Waals surface area contributed by atoms with Crippen LogP contribution in [0.2, 0.25) is 0 Å². The van der Waals surface area contributed by atoms with Crippen molar-refractivity contribution in [1.29, 1.82) is 0 Å². The summed E-state index contributed by atoms with van der Waals surface area (Å²) in [6.07, 6.45) is 5.42. The highest BCUT2D eigenvalue weighted by molar-refractivity contribution is 7.99. The number of imidazole rings is 1. The topological polar surface area (TPSA) is 30.7 Å². The van der Waals surface area contributed by atoms with E-state index in [1.807, 2.05) is 23.9 Å². The fourth-order valence-electron chi connectivity index (χ4n) is 2.94. The maximum Gasteiger partial charge on any atom is 0.164 e. The zero-order chi connectivity index (χ0) is 14.9. The first-order valence-electron chi connectivity index (χ1n) is 7.54. The van der Waals surface area contributed by atoms with Crippen LogP contribution in [0.4, 0.5) is 4.39 Å². The van der Waals surface area contributed by atoms with E-state index in [2.05, 4.69) is 9.55 Å². The van der Waals surface area contributed by atoms with Gasteiger partial charge in [0.25, 0.3) is 0 Å². The number of hydrogen-bond donors (Lipinski definition) is 0. The molecule has 3 nitrogen and oxygen atoms in total. The maximum absolute atomic E-state index is 13.3. The van der Waals surface area contributed by atoms with E-state index in [1.54, 1.807) is 18.3 Å². The van der Waals surface area contributed by atoms with Gasteiger partial charge in [-0.2, -0.15) is 11.8 Å². The lowest BCUT2D eigenvalue weighted by Crippen LogP contribution is -2.09. The summed E-state index contributed by atoms with van der Waals surface area (Å²) in [5.41, 5.74) is 2.66. The Bertz CT molecular complexity index is 791. The van der Waals surface area contributed by atoms with Crippen LogP contribution in [-0.2, 0) is 0 Å². The summed E-state index contributed by atoms with van der Waals surface area (Å²) in [6.45, 7) is 0. The van der Waals surface area contributed by atoms with Gasteiger partial charge in [-0.3, -0.25) is 4.57 Å². The van der Waals surface area contributed by atoms with Crippen LogP contribution in [-0.4, -0.2) is 20.3 Å². The Morgan fingerprint density at radius 3 is 2.77 bits per heavy atom. The van der Waals surface area contributed by atoms with Gasteiger partial charge in [0, 0.05) is 11.9 Å². The molecule has 1 unspecified atom stereocenters. The van der Waals surface area contributed by atoms with Crippen molar-refractivity contribution >= 4 is 22.9 Å². The molecule has 22 heavy (non-hydrogen) atoms. The number of nitrogens with zero attached hydrogens (tertiary/aromatic N) is 3. The van der Waals surface area contributed by atoms with Crippen molar-refractivity contribution in [2.24, 2.45) is 0 Å². The van der Waals surface area contributed by atoms with Crippen LogP contribution < -0.4 is 0 Å². The van der Waals surface area contributed by atoms with E-state index in [4.69, 9.17) is 4.98 Å². The molecular formula is C17H16FN3S. The van der Waals surface area contributed by atoms with Crippen molar-refractivity contribution in [3.05, 3.63) is 54.2 Å². The second-order valence-corrected chi connectivity index (χ2v) is 6.79. The first kappa shape index (κ1) is 13.8. The van der Waals surface area contributed by atoms with Crippen LogP contribution in [0.1, 0.15) is 30.3 Å². The van der Waals surface area contributed by atoms with E-state index in [0.29, 0.717) is 5.25 Å². The fourth-order valence-corrected chi connectivity index (χ4v) is 4.23. The molecule has 0 spiro atoms. The van der Waals surface area contributed by atoms with E-state index in [9.17, 15) is 4.39 Å². The van der Waals surface area contributed by atoms with Crippen LogP contribution in [0.15, 0.2) is 42.6 Å². The number of benzene rings is 1. The molecule has 0 N–H and O–H groups in total. The van der Waals surface area contributed by atoms with Gasteiger partial charge < -0.3 is 0 Å². The molecule has 3 aromatic rings. The Morgan fingerprint density at radius 1 is 1.14 bits per heavy atom. The normalized spacial score (nSPS) is 18.7. The number of halogens is 1. The third-order valence-corrected chi connectivity index (χ3v) is 5.37. The third-order valence-electron chi connectivity index (χ3n) is 3.99. The van der Waals surface area contributed by atoms with E-state index in [1.165, 1.54) is 30.7 Å². The fraction of sp³-hybridized carbons (Fsp3) is 0.294. The van der Waals surface area contributed by atoms with Crippen molar-refractivity contribution in [3.63, 3.8) is 0 Å². The van der Waals surface area contributed by atoms with Gasteiger partial charge in [-0.05, 0) is 55.0 Å². The highest BCUT2D eigenvalue weighted by Crippen LogP contribution is 2.39. The highest BCUT2D eigenvalue weighted by atomic mass is 32.2. The standard InChI is InChI=1S/C17H16FN3S/c18-12-6-8-13(9-7-12)21-16-14(4-3-10-19-16)20-17(21)15-5-1-2-11-22-15/h3-4,6-10,15H,1-2,5,11H2. The van der Waals surface area contributed by atoms with Crippen molar-refractivity contribution < 1.29 is 4.39 Å². The van der Waals surface area contributed by atoms with Crippen LogP contribution in [0.3, 0.4) is 0 Å². The molecule has 1 saturated heterocycles. The molecule has 0 aliphatic carbocycles. The molecule has 2 aromatic heterocycles. The molecule has 0 radical (unpaired) electrons. The zero-order valence-corrected chi connectivity index (χ0v) is 12.9. The minimum atomic E-state index is -0.227. The molecular weight excluding hydrogens is 297 g/mol. The molecule has 3 heterocycles. The highest BCUT2D eigenvalue weighted by Gasteiger charge is 2.24. The van der Waals surface area contributed by atoms with E-state index in [-0.39, 0.29) is 5.82 Å². The first-order valence-corrected chi connectivity index (χ1v) is 8.59. The largest absolute Gasteiger partial charge is 0.280 e. The van der Waals surface area contributed by atoms with Gasteiger partial charge in [-0.25, -0.2) is 14.4 Å². The lowest BCUT2D eigenvalue weighted by atomic mass is 10.2. The predicted molar refractivity (Wildman–Crippen MR) is 87.9 cm³/mol. The van der Waals surface area contributed by atoms with Crippen LogP contribution in [0, 0.1) is 5.82 Å². The molecule has 0 saturated carbocycles. The zero-order valence-electron chi connectivity index (χ0n) is 12.1. The number of aromatic nitrogens is 3. The Kier molecular flexibility index (Phi) is 3.58. The summed E-state index contributed by atoms with van der Waals surface area (Å²) >= 11 is 1.96. The molecule has 1 aliphatic heterocycles. The Balaban J connectivity index is 1.91. The van der Waals surface area contributed by atoms with Crippen LogP contribution >= 0.6 is 11.8 Å². The van der Waals surface area contributed by atoms with Crippen molar-refractivity contribution in [2.45, 2.75) is 24.5 Å². The van der Waals surface area contributed by atoms with Crippen LogP contribution in [0.25, 0.3) is 16.9 Å². The minimum Gasteiger partial charge on any atom is -0.280 e. The number of pyridine rings is 1. The number of fused-ring (bicyclic) bond motifs is 1. The molecule has 5 heteroatoms. The smallest absolute Gasteiger partial charge is 0.164 e. The molecule has 4 rings (SSSR count). The summed E-state index contributed by atoms with van der Waals surface area (Å²) < 4.78 is 15.3. The van der Waals surface area contributed by atoms with Crippen molar-refractivity contribution in [1.82, 2.24) is 14.5 Å². The molecule has 0 bridgehead atoms. The lowest BCUT2D eigenvalue weighted by molar-refractivity contribution is 0.626. The second kappa shape index (κ2) is 5.72.